The SMILES string of the molecule is O=C(O)CNC(=O)C(=O)C(COCc1ccccc1)NC(=O)[C@@H](CC1CCCCC1)NC(=O)c1cc(F)ccc1F. The molecule has 12 heteroatoms. The third kappa shape index (κ3) is 10.1. The molecule has 1 aliphatic carbocycles. The highest BCUT2D eigenvalue weighted by Gasteiger charge is 2.32. The second kappa shape index (κ2) is 15.6. The van der Waals surface area contributed by atoms with Gasteiger partial charge in [-0.3, -0.25) is 24.0 Å². The first-order chi connectivity index (χ1) is 19.6. The Balaban J connectivity index is 1.78. The van der Waals surface area contributed by atoms with Crippen molar-refractivity contribution in [3.05, 3.63) is 71.3 Å². The lowest BCUT2D eigenvalue weighted by Gasteiger charge is -2.28. The van der Waals surface area contributed by atoms with Gasteiger partial charge in [-0.25, -0.2) is 8.78 Å². The monoisotopic (exact) mass is 573 g/mol. The van der Waals surface area contributed by atoms with Crippen LogP contribution >= 0.6 is 0 Å². The molecule has 3 rings (SSSR count). The highest BCUT2D eigenvalue weighted by atomic mass is 19.1. The minimum absolute atomic E-state index is 0.0539. The zero-order chi connectivity index (χ0) is 29.8. The highest BCUT2D eigenvalue weighted by Crippen LogP contribution is 2.27. The number of ketones is 1. The molecule has 0 spiro atoms. The van der Waals surface area contributed by atoms with Crippen molar-refractivity contribution in [2.75, 3.05) is 13.2 Å². The van der Waals surface area contributed by atoms with Gasteiger partial charge >= 0.3 is 5.97 Å². The number of amides is 3. The van der Waals surface area contributed by atoms with Crippen molar-refractivity contribution in [2.24, 2.45) is 5.92 Å². The summed E-state index contributed by atoms with van der Waals surface area (Å²) in [7, 11) is 0. The number of ether oxygens (including phenoxy) is 1. The van der Waals surface area contributed by atoms with Crippen LogP contribution in [0.5, 0.6) is 0 Å². The topological polar surface area (TPSA) is 151 Å². The average Bonchev–Trinajstić information content (AvgIpc) is 2.96. The Labute approximate surface area is 235 Å². The number of hydrogen-bond acceptors (Lipinski definition) is 6. The van der Waals surface area contributed by atoms with Gasteiger partial charge in [0.1, 0.15) is 30.3 Å². The van der Waals surface area contributed by atoms with Gasteiger partial charge in [0.15, 0.2) is 0 Å². The molecule has 10 nitrogen and oxygen atoms in total. The van der Waals surface area contributed by atoms with Crippen molar-refractivity contribution in [2.45, 2.75) is 57.2 Å². The molecule has 220 valence electrons. The second-order valence-corrected chi connectivity index (χ2v) is 9.89. The molecule has 1 fully saturated rings. The number of carboxylic acid groups (broad SMARTS) is 1. The fraction of sp³-hybridized carbons (Fsp3) is 0.414. The number of aliphatic carboxylic acids is 1. The Hall–Kier alpha value is -4.19. The Morgan fingerprint density at radius 2 is 1.63 bits per heavy atom. The lowest BCUT2D eigenvalue weighted by molar-refractivity contribution is -0.143. The fourth-order valence-electron chi connectivity index (χ4n) is 4.62. The third-order valence-corrected chi connectivity index (χ3v) is 6.74. The number of carbonyl (C=O) groups excluding carboxylic acids is 4. The summed E-state index contributed by atoms with van der Waals surface area (Å²) in [6.07, 6.45) is 4.68. The number of nitrogens with one attached hydrogen (secondary N) is 3. The molecule has 0 radical (unpaired) electrons. The quantitative estimate of drug-likeness (QED) is 0.254. The lowest BCUT2D eigenvalue weighted by Crippen LogP contribution is -2.56. The number of carboxylic acids is 1. The molecule has 0 bridgehead atoms. The van der Waals surface area contributed by atoms with Crippen molar-refractivity contribution < 1.29 is 42.6 Å². The highest BCUT2D eigenvalue weighted by molar-refractivity contribution is 6.38. The molecule has 41 heavy (non-hydrogen) atoms. The molecule has 0 aliphatic heterocycles. The van der Waals surface area contributed by atoms with Crippen LogP contribution in [0.1, 0.15) is 54.4 Å². The largest absolute Gasteiger partial charge is 0.480 e. The van der Waals surface area contributed by atoms with E-state index in [0.29, 0.717) is 0 Å². The van der Waals surface area contributed by atoms with Crippen LogP contribution in [0.4, 0.5) is 8.78 Å². The summed E-state index contributed by atoms with van der Waals surface area (Å²) in [5.41, 5.74) is 0.179. The molecular formula is C29H33F2N3O7. The van der Waals surface area contributed by atoms with E-state index in [-0.39, 0.29) is 18.9 Å². The molecule has 0 saturated heterocycles. The van der Waals surface area contributed by atoms with E-state index >= 15 is 0 Å². The molecule has 1 aliphatic rings. The fourth-order valence-corrected chi connectivity index (χ4v) is 4.62. The summed E-state index contributed by atoms with van der Waals surface area (Å²) in [4.78, 5) is 62.4. The first kappa shape index (κ1) is 31.3. The van der Waals surface area contributed by atoms with Gasteiger partial charge in [0, 0.05) is 0 Å². The first-order valence-corrected chi connectivity index (χ1v) is 13.4. The number of Topliss-reactive ketones (excluding diaryl/α,β-unsaturated/α-hetero) is 1. The van der Waals surface area contributed by atoms with E-state index in [1.54, 1.807) is 30.3 Å². The Kier molecular flexibility index (Phi) is 11.9. The van der Waals surface area contributed by atoms with E-state index in [9.17, 15) is 32.8 Å². The number of benzene rings is 2. The minimum atomic E-state index is -1.52. The van der Waals surface area contributed by atoms with E-state index in [0.717, 1.165) is 55.9 Å². The van der Waals surface area contributed by atoms with E-state index in [2.05, 4.69) is 10.6 Å². The summed E-state index contributed by atoms with van der Waals surface area (Å²) in [5.74, 6) is -7.35. The van der Waals surface area contributed by atoms with Crippen LogP contribution in [0, 0.1) is 17.6 Å². The van der Waals surface area contributed by atoms with Crippen molar-refractivity contribution in [3.63, 3.8) is 0 Å². The van der Waals surface area contributed by atoms with E-state index in [1.165, 1.54) is 0 Å². The van der Waals surface area contributed by atoms with Gasteiger partial charge in [-0.05, 0) is 36.1 Å². The predicted molar refractivity (Wildman–Crippen MR) is 142 cm³/mol. The van der Waals surface area contributed by atoms with Crippen LogP contribution in [0.2, 0.25) is 0 Å². The van der Waals surface area contributed by atoms with Crippen molar-refractivity contribution >= 4 is 29.5 Å². The van der Waals surface area contributed by atoms with Gasteiger partial charge in [0.25, 0.3) is 11.8 Å². The summed E-state index contributed by atoms with van der Waals surface area (Å²) < 4.78 is 33.6. The van der Waals surface area contributed by atoms with Crippen molar-refractivity contribution in [1.82, 2.24) is 16.0 Å². The molecule has 2 aromatic carbocycles. The second-order valence-electron chi connectivity index (χ2n) is 9.89. The molecule has 2 aromatic rings. The maximum atomic E-state index is 14.3. The third-order valence-electron chi connectivity index (χ3n) is 6.74. The van der Waals surface area contributed by atoms with E-state index in [1.807, 2.05) is 5.32 Å². The zero-order valence-corrected chi connectivity index (χ0v) is 22.4. The number of carbonyl (C=O) groups is 5. The van der Waals surface area contributed by atoms with Crippen molar-refractivity contribution in [3.8, 4) is 0 Å². The van der Waals surface area contributed by atoms with Gasteiger partial charge in [-0.2, -0.15) is 0 Å². The molecule has 1 unspecified atom stereocenters. The number of hydrogen-bond donors (Lipinski definition) is 4. The van der Waals surface area contributed by atoms with Gasteiger partial charge in [-0.15, -0.1) is 0 Å². The average molecular weight is 574 g/mol. The number of halogens is 2. The smallest absolute Gasteiger partial charge is 0.322 e. The molecule has 1 saturated carbocycles. The van der Waals surface area contributed by atoms with Crippen LogP contribution < -0.4 is 16.0 Å². The standard InChI is InChI=1S/C29H33F2N3O7/c30-20-11-12-22(31)21(14-20)27(38)33-23(13-18-7-3-1-4-8-18)28(39)34-24(26(37)29(40)32-15-25(35)36)17-41-16-19-9-5-2-6-10-19/h2,5-6,9-12,14,18,23-24H,1,3-4,7-8,13,15-17H2,(H,32,40)(H,33,38)(H,34,39)(H,35,36)/t23-,24?/m1/s1. The summed E-state index contributed by atoms with van der Waals surface area (Å²) in [6, 6.07) is 8.54. The molecule has 0 aromatic heterocycles. The van der Waals surface area contributed by atoms with Crippen LogP contribution in [-0.2, 0) is 30.5 Å². The first-order valence-electron chi connectivity index (χ1n) is 13.4. The van der Waals surface area contributed by atoms with Crippen LogP contribution in [-0.4, -0.2) is 59.8 Å². The summed E-state index contributed by atoms with van der Waals surface area (Å²) >= 11 is 0. The molecule has 0 heterocycles. The van der Waals surface area contributed by atoms with Crippen LogP contribution in [0.25, 0.3) is 0 Å². The molecular weight excluding hydrogens is 540 g/mol. The normalized spacial score (nSPS) is 14.9. The number of rotatable bonds is 14. The maximum Gasteiger partial charge on any atom is 0.322 e. The Morgan fingerprint density at radius 1 is 0.927 bits per heavy atom. The van der Waals surface area contributed by atoms with Gasteiger partial charge in [0.2, 0.25) is 11.7 Å². The van der Waals surface area contributed by atoms with E-state index < -0.39 is 71.9 Å². The molecule has 2 atom stereocenters. The zero-order valence-electron chi connectivity index (χ0n) is 22.4. The molecule has 4 N–H and O–H groups in total. The van der Waals surface area contributed by atoms with Gasteiger partial charge < -0.3 is 25.8 Å². The van der Waals surface area contributed by atoms with Gasteiger partial charge in [0.05, 0.1) is 18.8 Å². The Bertz CT molecular complexity index is 1240. The van der Waals surface area contributed by atoms with Crippen LogP contribution in [0.15, 0.2) is 48.5 Å². The van der Waals surface area contributed by atoms with Gasteiger partial charge in [-0.1, -0.05) is 62.4 Å². The molecule has 3 amide bonds. The minimum Gasteiger partial charge on any atom is -0.480 e. The lowest BCUT2D eigenvalue weighted by atomic mass is 9.84. The van der Waals surface area contributed by atoms with Crippen LogP contribution in [0.3, 0.4) is 0 Å². The van der Waals surface area contributed by atoms with E-state index in [4.69, 9.17) is 9.84 Å². The van der Waals surface area contributed by atoms with Crippen molar-refractivity contribution in [1.29, 1.82) is 0 Å². The predicted octanol–water partition coefficient (Wildman–Crippen LogP) is 2.51. The maximum absolute atomic E-state index is 14.3. The summed E-state index contributed by atoms with van der Waals surface area (Å²) in [6.45, 7) is -1.18. The summed E-state index contributed by atoms with van der Waals surface area (Å²) in [5, 5.41) is 15.7. The Morgan fingerprint density at radius 3 is 2.32 bits per heavy atom.